The van der Waals surface area contributed by atoms with Crippen molar-refractivity contribution < 1.29 is 4.39 Å². The molecule has 0 aromatic heterocycles. The van der Waals surface area contributed by atoms with Crippen molar-refractivity contribution in [1.29, 1.82) is 0 Å². The third-order valence-electron chi connectivity index (χ3n) is 3.29. The van der Waals surface area contributed by atoms with Crippen LogP contribution in [0.15, 0.2) is 24.3 Å². The van der Waals surface area contributed by atoms with E-state index in [1.165, 1.54) is 18.6 Å². The number of benzene rings is 1. The van der Waals surface area contributed by atoms with Crippen LogP contribution in [0.5, 0.6) is 0 Å². The highest BCUT2D eigenvalue weighted by molar-refractivity contribution is 5.42. The molecule has 0 aliphatic heterocycles. The normalized spacial score (nSPS) is 14.7. The van der Waals surface area contributed by atoms with Crippen LogP contribution in [0.3, 0.4) is 0 Å². The summed E-state index contributed by atoms with van der Waals surface area (Å²) in [5.41, 5.74) is 0.995. The quantitative estimate of drug-likeness (QED) is 0.765. The molecule has 1 N–H and O–H groups in total. The Morgan fingerprint density at radius 3 is 2.12 bits per heavy atom. The summed E-state index contributed by atoms with van der Waals surface area (Å²) in [6, 6.07) is 6.55. The Kier molecular flexibility index (Phi) is 5.46. The summed E-state index contributed by atoms with van der Waals surface area (Å²) in [5, 5.41) is 3.36. The van der Waals surface area contributed by atoms with Crippen LogP contribution in [0.1, 0.15) is 34.1 Å². The number of anilines is 1. The molecule has 1 aromatic rings. The summed E-state index contributed by atoms with van der Waals surface area (Å²) in [4.78, 5) is 0. The SMILES string of the molecule is CC(C)CC(C)C(C)CNc1ccc(F)cc1. The van der Waals surface area contributed by atoms with Gasteiger partial charge in [-0.1, -0.05) is 27.7 Å². The molecule has 17 heavy (non-hydrogen) atoms. The van der Waals surface area contributed by atoms with Crippen molar-refractivity contribution in [1.82, 2.24) is 0 Å². The van der Waals surface area contributed by atoms with Crippen LogP contribution in [0, 0.1) is 23.6 Å². The van der Waals surface area contributed by atoms with Crippen molar-refractivity contribution >= 4 is 5.69 Å². The summed E-state index contributed by atoms with van der Waals surface area (Å²) >= 11 is 0. The third-order valence-corrected chi connectivity index (χ3v) is 3.29. The van der Waals surface area contributed by atoms with Crippen LogP contribution >= 0.6 is 0 Å². The molecule has 0 spiro atoms. The molecule has 0 bridgehead atoms. The zero-order chi connectivity index (χ0) is 12.8. The molecule has 2 heteroatoms. The number of nitrogens with one attached hydrogen (secondary N) is 1. The molecule has 0 fully saturated rings. The fourth-order valence-corrected chi connectivity index (χ4v) is 2.02. The Hall–Kier alpha value is -1.05. The lowest BCUT2D eigenvalue weighted by atomic mass is 9.88. The molecule has 0 amide bonds. The van der Waals surface area contributed by atoms with Crippen molar-refractivity contribution in [2.24, 2.45) is 17.8 Å². The predicted molar refractivity (Wildman–Crippen MR) is 72.7 cm³/mol. The average molecular weight is 237 g/mol. The monoisotopic (exact) mass is 237 g/mol. The Labute approximate surface area is 104 Å². The predicted octanol–water partition coefficient (Wildman–Crippen LogP) is 4.56. The van der Waals surface area contributed by atoms with E-state index in [4.69, 9.17) is 0 Å². The van der Waals surface area contributed by atoms with Gasteiger partial charge in [0.2, 0.25) is 0 Å². The molecular formula is C15H24FN. The zero-order valence-corrected chi connectivity index (χ0v) is 11.3. The van der Waals surface area contributed by atoms with Gasteiger partial charge in [0.1, 0.15) is 5.82 Å². The van der Waals surface area contributed by atoms with Gasteiger partial charge in [-0.05, 0) is 48.4 Å². The summed E-state index contributed by atoms with van der Waals surface area (Å²) in [6.45, 7) is 10.0. The van der Waals surface area contributed by atoms with Gasteiger partial charge >= 0.3 is 0 Å². The summed E-state index contributed by atoms with van der Waals surface area (Å²) in [6.07, 6.45) is 1.26. The van der Waals surface area contributed by atoms with E-state index < -0.39 is 0 Å². The van der Waals surface area contributed by atoms with E-state index in [1.54, 1.807) is 12.1 Å². The second-order valence-electron chi connectivity index (χ2n) is 5.47. The van der Waals surface area contributed by atoms with Gasteiger partial charge in [0.25, 0.3) is 0 Å². The molecule has 1 nitrogen and oxygen atoms in total. The Morgan fingerprint density at radius 1 is 1.00 bits per heavy atom. The zero-order valence-electron chi connectivity index (χ0n) is 11.3. The highest BCUT2D eigenvalue weighted by Crippen LogP contribution is 2.20. The molecule has 0 saturated heterocycles. The summed E-state index contributed by atoms with van der Waals surface area (Å²) in [7, 11) is 0. The van der Waals surface area contributed by atoms with Crippen LogP contribution < -0.4 is 5.32 Å². The van der Waals surface area contributed by atoms with Gasteiger partial charge in [0, 0.05) is 12.2 Å². The van der Waals surface area contributed by atoms with Crippen molar-refractivity contribution in [3.8, 4) is 0 Å². The van der Waals surface area contributed by atoms with Crippen LogP contribution in [-0.4, -0.2) is 6.54 Å². The molecule has 1 aromatic carbocycles. The first kappa shape index (κ1) is 14.0. The van der Waals surface area contributed by atoms with Gasteiger partial charge in [-0.3, -0.25) is 0 Å². The van der Waals surface area contributed by atoms with Crippen molar-refractivity contribution in [2.75, 3.05) is 11.9 Å². The van der Waals surface area contributed by atoms with Crippen molar-refractivity contribution in [3.63, 3.8) is 0 Å². The highest BCUT2D eigenvalue weighted by Gasteiger charge is 2.13. The maximum atomic E-state index is 12.7. The van der Waals surface area contributed by atoms with Crippen molar-refractivity contribution in [3.05, 3.63) is 30.1 Å². The van der Waals surface area contributed by atoms with Gasteiger partial charge in [0.05, 0.1) is 0 Å². The Bertz CT molecular complexity index is 318. The van der Waals surface area contributed by atoms with Gasteiger partial charge < -0.3 is 5.32 Å². The van der Waals surface area contributed by atoms with Crippen LogP contribution in [-0.2, 0) is 0 Å². The summed E-state index contributed by atoms with van der Waals surface area (Å²) < 4.78 is 12.7. The second-order valence-corrected chi connectivity index (χ2v) is 5.47. The lowest BCUT2D eigenvalue weighted by Crippen LogP contribution is -2.19. The molecule has 0 heterocycles. The van der Waals surface area contributed by atoms with Gasteiger partial charge in [-0.25, -0.2) is 4.39 Å². The maximum absolute atomic E-state index is 12.7. The third kappa shape index (κ3) is 5.20. The summed E-state index contributed by atoms with van der Waals surface area (Å²) in [5.74, 6) is 1.90. The van der Waals surface area contributed by atoms with E-state index in [0.717, 1.165) is 18.2 Å². The molecular weight excluding hydrogens is 213 g/mol. The van der Waals surface area contributed by atoms with Gasteiger partial charge in [0.15, 0.2) is 0 Å². The van der Waals surface area contributed by atoms with E-state index in [9.17, 15) is 4.39 Å². The minimum absolute atomic E-state index is 0.184. The molecule has 1 rings (SSSR count). The Morgan fingerprint density at radius 2 is 1.59 bits per heavy atom. The lowest BCUT2D eigenvalue weighted by Gasteiger charge is -2.22. The van der Waals surface area contributed by atoms with E-state index in [2.05, 4.69) is 33.0 Å². The fourth-order valence-electron chi connectivity index (χ4n) is 2.02. The minimum Gasteiger partial charge on any atom is -0.385 e. The molecule has 2 unspecified atom stereocenters. The highest BCUT2D eigenvalue weighted by atomic mass is 19.1. The number of hydrogen-bond donors (Lipinski definition) is 1. The first-order chi connectivity index (χ1) is 7.99. The van der Waals surface area contributed by atoms with Crippen LogP contribution in [0.2, 0.25) is 0 Å². The van der Waals surface area contributed by atoms with Gasteiger partial charge in [-0.15, -0.1) is 0 Å². The van der Waals surface area contributed by atoms with Gasteiger partial charge in [-0.2, -0.15) is 0 Å². The standard InChI is InChI=1S/C15H24FN/c1-11(2)9-12(3)13(4)10-17-15-7-5-14(16)6-8-15/h5-8,11-13,17H,9-10H2,1-4H3. The number of halogens is 1. The van der Waals surface area contributed by atoms with E-state index in [1.807, 2.05) is 0 Å². The molecule has 0 aliphatic rings. The minimum atomic E-state index is -0.184. The first-order valence-corrected chi connectivity index (χ1v) is 6.48. The number of rotatable bonds is 6. The van der Waals surface area contributed by atoms with Crippen LogP contribution in [0.25, 0.3) is 0 Å². The number of hydrogen-bond acceptors (Lipinski definition) is 1. The molecule has 96 valence electrons. The Balaban J connectivity index is 2.37. The van der Waals surface area contributed by atoms with Crippen LogP contribution in [0.4, 0.5) is 10.1 Å². The smallest absolute Gasteiger partial charge is 0.123 e. The van der Waals surface area contributed by atoms with E-state index in [-0.39, 0.29) is 5.82 Å². The second kappa shape index (κ2) is 6.63. The van der Waals surface area contributed by atoms with E-state index in [0.29, 0.717) is 11.8 Å². The lowest BCUT2D eigenvalue weighted by molar-refractivity contribution is 0.335. The molecule has 2 atom stereocenters. The average Bonchev–Trinajstić information content (AvgIpc) is 2.27. The van der Waals surface area contributed by atoms with E-state index >= 15 is 0 Å². The first-order valence-electron chi connectivity index (χ1n) is 6.48. The largest absolute Gasteiger partial charge is 0.385 e. The molecule has 0 saturated carbocycles. The fraction of sp³-hybridized carbons (Fsp3) is 0.600. The molecule has 0 aliphatic carbocycles. The molecule has 0 radical (unpaired) electrons. The maximum Gasteiger partial charge on any atom is 0.123 e. The topological polar surface area (TPSA) is 12.0 Å². The van der Waals surface area contributed by atoms with Crippen molar-refractivity contribution in [2.45, 2.75) is 34.1 Å².